The molecule has 4 aromatic rings. The van der Waals surface area contributed by atoms with Gasteiger partial charge in [-0.25, -0.2) is 22.0 Å². The molecule has 4 rings (SSSR count). The molecule has 0 fully saturated rings. The van der Waals surface area contributed by atoms with Crippen LogP contribution in [0.5, 0.6) is 0 Å². The molecule has 0 aliphatic rings. The van der Waals surface area contributed by atoms with Gasteiger partial charge in [-0.3, -0.25) is 9.71 Å². The lowest BCUT2D eigenvalue weighted by Crippen LogP contribution is -2.15. The first-order valence-electron chi connectivity index (χ1n) is 9.05. The van der Waals surface area contributed by atoms with Crippen LogP contribution in [0, 0.1) is 0 Å². The summed E-state index contributed by atoms with van der Waals surface area (Å²) in [5, 5.41) is 7.00. The first kappa shape index (κ1) is 22.5. The van der Waals surface area contributed by atoms with Crippen LogP contribution < -0.4 is 9.86 Å². The quantitative estimate of drug-likeness (QED) is 0.407. The van der Waals surface area contributed by atoms with Gasteiger partial charge in [-0.05, 0) is 47.9 Å². The number of halogens is 2. The van der Waals surface area contributed by atoms with Gasteiger partial charge in [0.1, 0.15) is 4.90 Å². The number of anilines is 1. The smallest absolute Gasteiger partial charge is 0.263 e. The van der Waals surface area contributed by atoms with E-state index in [1.54, 1.807) is 18.3 Å². The van der Waals surface area contributed by atoms with Crippen molar-refractivity contribution in [1.29, 1.82) is 0 Å². The summed E-state index contributed by atoms with van der Waals surface area (Å²) < 4.78 is 51.2. The fourth-order valence-electron chi connectivity index (χ4n) is 3.19. The van der Waals surface area contributed by atoms with Gasteiger partial charge in [0, 0.05) is 22.8 Å². The number of hydrogen-bond acceptors (Lipinski definition) is 5. The van der Waals surface area contributed by atoms with Crippen molar-refractivity contribution in [2.75, 3.05) is 4.72 Å². The van der Waals surface area contributed by atoms with E-state index in [4.69, 9.17) is 28.3 Å². The molecule has 1 heterocycles. The summed E-state index contributed by atoms with van der Waals surface area (Å²) in [5.41, 5.74) is 1.37. The molecule has 3 N–H and O–H groups in total. The zero-order valence-corrected chi connectivity index (χ0v) is 19.3. The number of hydrogen-bond donors (Lipinski definition) is 2. The molecule has 164 valence electrons. The van der Waals surface area contributed by atoms with E-state index in [0.717, 1.165) is 29.0 Å². The number of pyridine rings is 1. The Hall–Kier alpha value is -2.69. The van der Waals surface area contributed by atoms with Crippen molar-refractivity contribution in [1.82, 2.24) is 4.98 Å². The predicted molar refractivity (Wildman–Crippen MR) is 126 cm³/mol. The fourth-order valence-corrected chi connectivity index (χ4v) is 5.60. The monoisotopic (exact) mass is 507 g/mol. The summed E-state index contributed by atoms with van der Waals surface area (Å²) in [6, 6.07) is 17.3. The standard InChI is InChI=1S/C21H15Cl2N3O4S2/c22-18-7-5-14(11-17(18)21-16-4-2-1-3-13(16)9-10-25-21)26-32(29,30)20-8-6-15(12-19(20)23)31(24,27)28/h1-12,26H,(H2,24,27,28). The van der Waals surface area contributed by atoms with Gasteiger partial charge in [0.2, 0.25) is 10.0 Å². The minimum absolute atomic E-state index is 0.228. The first-order chi connectivity index (χ1) is 15.1. The highest BCUT2D eigenvalue weighted by Crippen LogP contribution is 2.35. The van der Waals surface area contributed by atoms with E-state index in [9.17, 15) is 16.8 Å². The van der Waals surface area contributed by atoms with Crippen LogP contribution in [0.15, 0.2) is 82.7 Å². The summed E-state index contributed by atoms with van der Waals surface area (Å²) in [7, 11) is -8.17. The van der Waals surface area contributed by atoms with Crippen molar-refractivity contribution in [2.24, 2.45) is 5.14 Å². The van der Waals surface area contributed by atoms with E-state index in [0.29, 0.717) is 16.3 Å². The molecule has 0 radical (unpaired) electrons. The molecule has 1 aromatic heterocycles. The van der Waals surface area contributed by atoms with Crippen molar-refractivity contribution in [3.05, 3.63) is 83.0 Å². The third kappa shape index (κ3) is 4.43. The van der Waals surface area contributed by atoms with E-state index in [1.807, 2.05) is 30.3 Å². The van der Waals surface area contributed by atoms with Crippen molar-refractivity contribution in [3.63, 3.8) is 0 Å². The van der Waals surface area contributed by atoms with E-state index in [2.05, 4.69) is 9.71 Å². The molecule has 0 spiro atoms. The maximum absolute atomic E-state index is 12.9. The zero-order valence-electron chi connectivity index (χ0n) is 16.2. The van der Waals surface area contributed by atoms with Crippen molar-refractivity contribution >= 4 is 59.7 Å². The number of fused-ring (bicyclic) bond motifs is 1. The average molecular weight is 508 g/mol. The summed E-state index contributed by atoms with van der Waals surface area (Å²) in [4.78, 5) is 3.84. The predicted octanol–water partition coefficient (Wildman–Crippen LogP) is 4.66. The Labute approximate surface area is 194 Å². The molecule has 7 nitrogen and oxygen atoms in total. The average Bonchev–Trinajstić information content (AvgIpc) is 2.73. The molecule has 0 atom stereocenters. The maximum Gasteiger partial charge on any atom is 0.263 e. The highest BCUT2D eigenvalue weighted by atomic mass is 35.5. The number of aromatic nitrogens is 1. The Balaban J connectivity index is 1.75. The van der Waals surface area contributed by atoms with Crippen LogP contribution in [0.1, 0.15) is 0 Å². The van der Waals surface area contributed by atoms with Crippen LogP contribution in [-0.4, -0.2) is 21.8 Å². The Kier molecular flexibility index (Phi) is 5.87. The molecular weight excluding hydrogens is 493 g/mol. The van der Waals surface area contributed by atoms with Gasteiger partial charge in [-0.15, -0.1) is 0 Å². The molecule has 0 aliphatic carbocycles. The molecule has 3 aromatic carbocycles. The highest BCUT2D eigenvalue weighted by Gasteiger charge is 2.21. The van der Waals surface area contributed by atoms with Gasteiger partial charge in [0.25, 0.3) is 10.0 Å². The van der Waals surface area contributed by atoms with Gasteiger partial charge in [-0.2, -0.15) is 0 Å². The number of primary sulfonamides is 1. The van der Waals surface area contributed by atoms with Crippen molar-refractivity contribution in [3.8, 4) is 11.3 Å². The Morgan fingerprint density at radius 2 is 1.59 bits per heavy atom. The lowest BCUT2D eigenvalue weighted by atomic mass is 10.0. The molecular formula is C21H15Cl2N3O4S2. The van der Waals surface area contributed by atoms with Crippen LogP contribution >= 0.6 is 23.2 Å². The van der Waals surface area contributed by atoms with Crippen molar-refractivity contribution < 1.29 is 16.8 Å². The number of nitrogens with one attached hydrogen (secondary N) is 1. The summed E-state index contributed by atoms with van der Waals surface area (Å²) >= 11 is 12.4. The van der Waals surface area contributed by atoms with Gasteiger partial charge < -0.3 is 0 Å². The number of rotatable bonds is 5. The third-order valence-electron chi connectivity index (χ3n) is 4.67. The zero-order chi connectivity index (χ0) is 23.1. The second kappa shape index (κ2) is 8.34. The maximum atomic E-state index is 12.9. The van der Waals surface area contributed by atoms with Gasteiger partial charge in [0.05, 0.1) is 20.6 Å². The Morgan fingerprint density at radius 3 is 2.31 bits per heavy atom. The van der Waals surface area contributed by atoms with Crippen LogP contribution in [0.3, 0.4) is 0 Å². The highest BCUT2D eigenvalue weighted by molar-refractivity contribution is 7.93. The second-order valence-corrected chi connectivity index (χ2v) is 10.8. The molecule has 32 heavy (non-hydrogen) atoms. The van der Waals surface area contributed by atoms with E-state index >= 15 is 0 Å². The van der Waals surface area contributed by atoms with Crippen LogP contribution in [0.4, 0.5) is 5.69 Å². The third-order valence-corrected chi connectivity index (χ3v) is 7.77. The number of benzene rings is 3. The minimum Gasteiger partial charge on any atom is -0.280 e. The van der Waals surface area contributed by atoms with Gasteiger partial charge >= 0.3 is 0 Å². The lowest BCUT2D eigenvalue weighted by molar-refractivity contribution is 0.595. The lowest BCUT2D eigenvalue weighted by Gasteiger charge is -2.13. The molecule has 0 saturated carbocycles. The van der Waals surface area contributed by atoms with E-state index in [-0.39, 0.29) is 20.5 Å². The number of nitrogens with two attached hydrogens (primary N) is 1. The Morgan fingerprint density at radius 1 is 0.844 bits per heavy atom. The largest absolute Gasteiger partial charge is 0.280 e. The first-order valence-corrected chi connectivity index (χ1v) is 12.8. The fraction of sp³-hybridized carbons (Fsp3) is 0. The SMILES string of the molecule is NS(=O)(=O)c1ccc(S(=O)(=O)Nc2ccc(Cl)c(-c3nccc4ccccc34)c2)c(Cl)c1. The van der Waals surface area contributed by atoms with Crippen LogP contribution in [-0.2, 0) is 20.0 Å². The van der Waals surface area contributed by atoms with Crippen LogP contribution in [0.25, 0.3) is 22.0 Å². The topological polar surface area (TPSA) is 119 Å². The van der Waals surface area contributed by atoms with Crippen molar-refractivity contribution in [2.45, 2.75) is 9.79 Å². The van der Waals surface area contributed by atoms with Gasteiger partial charge in [0.15, 0.2) is 0 Å². The second-order valence-electron chi connectivity index (χ2n) is 6.82. The minimum atomic E-state index is -4.14. The molecule has 0 bridgehead atoms. The van der Waals surface area contributed by atoms with Gasteiger partial charge in [-0.1, -0.05) is 47.5 Å². The van der Waals surface area contributed by atoms with E-state index in [1.165, 1.54) is 6.07 Å². The molecule has 0 amide bonds. The Bertz CT molecular complexity index is 1570. The summed E-state index contributed by atoms with van der Waals surface area (Å²) in [6.07, 6.45) is 1.65. The molecule has 11 heteroatoms. The van der Waals surface area contributed by atoms with Crippen LogP contribution in [0.2, 0.25) is 10.0 Å². The number of nitrogens with zero attached hydrogens (tertiary/aromatic N) is 1. The number of sulfonamides is 2. The summed E-state index contributed by atoms with van der Waals surface area (Å²) in [5.74, 6) is 0. The summed E-state index contributed by atoms with van der Waals surface area (Å²) in [6.45, 7) is 0. The molecule has 0 saturated heterocycles. The molecule has 0 unspecified atom stereocenters. The van der Waals surface area contributed by atoms with E-state index < -0.39 is 20.0 Å². The molecule has 0 aliphatic heterocycles. The normalized spacial score (nSPS) is 12.1.